The quantitative estimate of drug-likeness (QED) is 0.861. The minimum atomic E-state index is -3.34. The molecule has 0 aromatic carbocycles. The summed E-state index contributed by atoms with van der Waals surface area (Å²) >= 11 is 0. The van der Waals surface area contributed by atoms with E-state index >= 15 is 0 Å². The predicted octanol–water partition coefficient (Wildman–Crippen LogP) is 0.563. The highest BCUT2D eigenvalue weighted by Crippen LogP contribution is 2.23. The van der Waals surface area contributed by atoms with Crippen LogP contribution in [0.15, 0.2) is 12.3 Å². The topological polar surface area (TPSA) is 84.3 Å². The third kappa shape index (κ3) is 3.18. The molecule has 0 radical (unpaired) electrons. The van der Waals surface area contributed by atoms with Gasteiger partial charge in [0.15, 0.2) is 5.82 Å². The zero-order valence-corrected chi connectivity index (χ0v) is 12.6. The normalized spacial score (nSPS) is 20.2. The summed E-state index contributed by atoms with van der Waals surface area (Å²) in [7, 11) is -1.59. The molecule has 1 fully saturated rings. The van der Waals surface area contributed by atoms with Crippen LogP contribution >= 0.6 is 0 Å². The maximum absolute atomic E-state index is 12.2. The van der Waals surface area contributed by atoms with Gasteiger partial charge in [-0.25, -0.2) is 8.42 Å². The molecule has 0 spiro atoms. The van der Waals surface area contributed by atoms with Crippen LogP contribution in [-0.2, 0) is 21.9 Å². The Labute approximate surface area is 119 Å². The molecule has 2 heterocycles. The van der Waals surface area contributed by atoms with Gasteiger partial charge in [0.1, 0.15) is 6.04 Å². The molecule has 0 saturated carbocycles. The van der Waals surface area contributed by atoms with E-state index in [1.165, 1.54) is 4.31 Å². The minimum Gasteiger partial charge on any atom is -0.308 e. The summed E-state index contributed by atoms with van der Waals surface area (Å²) in [6.45, 7) is 2.24. The first-order chi connectivity index (χ1) is 9.44. The van der Waals surface area contributed by atoms with Crippen molar-refractivity contribution in [2.75, 3.05) is 17.6 Å². The number of nitrogens with zero attached hydrogens (tertiary/aromatic N) is 3. The average Bonchev–Trinajstić information content (AvgIpc) is 2.98. The van der Waals surface area contributed by atoms with Gasteiger partial charge in [-0.05, 0) is 19.3 Å². The van der Waals surface area contributed by atoms with Gasteiger partial charge in [0.05, 0.1) is 5.75 Å². The lowest BCUT2D eigenvalue weighted by Crippen LogP contribution is -2.44. The molecule has 1 atom stereocenters. The van der Waals surface area contributed by atoms with Crippen molar-refractivity contribution in [2.45, 2.75) is 32.2 Å². The van der Waals surface area contributed by atoms with Crippen molar-refractivity contribution >= 4 is 21.7 Å². The maximum atomic E-state index is 12.2. The molecule has 0 bridgehead atoms. The van der Waals surface area contributed by atoms with Crippen LogP contribution in [0.4, 0.5) is 5.82 Å². The number of carbonyl (C=O) groups excluding carboxylic acids is 1. The third-order valence-electron chi connectivity index (χ3n) is 3.29. The smallest absolute Gasteiger partial charge is 0.244 e. The summed E-state index contributed by atoms with van der Waals surface area (Å²) in [5.74, 6) is 0.221. The number of hydrogen-bond donors (Lipinski definition) is 1. The lowest BCUT2D eigenvalue weighted by Gasteiger charge is -2.22. The van der Waals surface area contributed by atoms with E-state index in [0.29, 0.717) is 31.6 Å². The summed E-state index contributed by atoms with van der Waals surface area (Å²) < 4.78 is 27.2. The molecule has 20 heavy (non-hydrogen) atoms. The molecule has 1 amide bonds. The van der Waals surface area contributed by atoms with Crippen LogP contribution in [0, 0.1) is 0 Å². The fraction of sp³-hybridized carbons (Fsp3) is 0.667. The number of hydrogen-bond acceptors (Lipinski definition) is 4. The van der Waals surface area contributed by atoms with Crippen LogP contribution in [0.2, 0.25) is 0 Å². The summed E-state index contributed by atoms with van der Waals surface area (Å²) in [6, 6.07) is 1.06. The number of sulfonamides is 1. The minimum absolute atomic E-state index is 0.0837. The number of carbonyl (C=O) groups is 1. The molecule has 1 N–H and O–H groups in total. The summed E-state index contributed by atoms with van der Waals surface area (Å²) in [6.07, 6.45) is 3.54. The van der Waals surface area contributed by atoms with Crippen molar-refractivity contribution in [3.05, 3.63) is 12.3 Å². The van der Waals surface area contributed by atoms with Crippen molar-refractivity contribution in [1.29, 1.82) is 0 Å². The number of nitrogens with one attached hydrogen (secondary N) is 1. The van der Waals surface area contributed by atoms with Gasteiger partial charge in [0.25, 0.3) is 0 Å². The Kier molecular flexibility index (Phi) is 4.44. The Balaban J connectivity index is 2.08. The Hall–Kier alpha value is -1.41. The molecule has 1 aromatic rings. The van der Waals surface area contributed by atoms with Crippen LogP contribution in [0.3, 0.4) is 0 Å². The van der Waals surface area contributed by atoms with Crippen molar-refractivity contribution in [1.82, 2.24) is 14.1 Å². The van der Waals surface area contributed by atoms with Crippen molar-refractivity contribution < 1.29 is 13.2 Å². The number of aryl methyl sites for hydroxylation is 1. The number of aromatic nitrogens is 2. The Morgan fingerprint density at radius 1 is 1.55 bits per heavy atom. The standard InChI is InChI=1S/C12H20N4O3S/c1-3-9-20(18,19)16-7-4-5-10(16)12(17)13-11-6-8-15(2)14-11/h6,8,10H,3-5,7,9H2,1-2H3,(H,13,14,17)/t10-/m0/s1. The van der Waals surface area contributed by atoms with Crippen LogP contribution in [-0.4, -0.2) is 46.8 Å². The highest BCUT2D eigenvalue weighted by Gasteiger charge is 2.38. The number of amides is 1. The molecular formula is C12H20N4O3S. The summed E-state index contributed by atoms with van der Waals surface area (Å²) in [4.78, 5) is 12.2. The van der Waals surface area contributed by atoms with Gasteiger partial charge >= 0.3 is 0 Å². The monoisotopic (exact) mass is 300 g/mol. The van der Waals surface area contributed by atoms with Crippen LogP contribution in [0.25, 0.3) is 0 Å². The fourth-order valence-corrected chi connectivity index (χ4v) is 4.15. The molecule has 7 nitrogen and oxygen atoms in total. The average molecular weight is 300 g/mol. The van der Waals surface area contributed by atoms with Crippen molar-refractivity contribution in [3.63, 3.8) is 0 Å². The molecule has 1 aliphatic heterocycles. The highest BCUT2D eigenvalue weighted by molar-refractivity contribution is 7.89. The van der Waals surface area contributed by atoms with Gasteiger partial charge in [0, 0.05) is 25.9 Å². The molecule has 8 heteroatoms. The Morgan fingerprint density at radius 2 is 2.30 bits per heavy atom. The summed E-state index contributed by atoms with van der Waals surface area (Å²) in [5, 5.41) is 6.73. The van der Waals surface area contributed by atoms with E-state index in [0.717, 1.165) is 0 Å². The largest absolute Gasteiger partial charge is 0.308 e. The SMILES string of the molecule is CCCS(=O)(=O)N1CCC[C@H]1C(=O)Nc1ccn(C)n1. The third-order valence-corrected chi connectivity index (χ3v) is 5.37. The fourth-order valence-electron chi connectivity index (χ4n) is 2.40. The molecular weight excluding hydrogens is 280 g/mol. The van der Waals surface area contributed by atoms with Crippen LogP contribution < -0.4 is 5.32 Å². The van der Waals surface area contributed by atoms with Crippen LogP contribution in [0.5, 0.6) is 0 Å². The van der Waals surface area contributed by atoms with E-state index in [2.05, 4.69) is 10.4 Å². The molecule has 2 rings (SSSR count). The highest BCUT2D eigenvalue weighted by atomic mass is 32.2. The van der Waals surface area contributed by atoms with Gasteiger partial charge in [-0.1, -0.05) is 6.92 Å². The van der Waals surface area contributed by atoms with E-state index in [9.17, 15) is 13.2 Å². The first-order valence-electron chi connectivity index (χ1n) is 6.74. The van der Waals surface area contributed by atoms with E-state index in [-0.39, 0.29) is 11.7 Å². The molecule has 112 valence electrons. The van der Waals surface area contributed by atoms with E-state index in [1.807, 2.05) is 6.92 Å². The Morgan fingerprint density at radius 3 is 2.90 bits per heavy atom. The van der Waals surface area contributed by atoms with Crippen LogP contribution in [0.1, 0.15) is 26.2 Å². The first kappa shape index (κ1) is 15.0. The predicted molar refractivity (Wildman–Crippen MR) is 75.6 cm³/mol. The Bertz CT molecular complexity index is 581. The lowest BCUT2D eigenvalue weighted by atomic mass is 10.2. The van der Waals surface area contributed by atoms with E-state index < -0.39 is 16.1 Å². The molecule has 0 unspecified atom stereocenters. The van der Waals surface area contributed by atoms with Gasteiger partial charge in [-0.15, -0.1) is 0 Å². The molecule has 0 aliphatic carbocycles. The first-order valence-corrected chi connectivity index (χ1v) is 8.35. The number of anilines is 1. The second kappa shape index (κ2) is 5.92. The van der Waals surface area contributed by atoms with Gasteiger partial charge in [-0.3, -0.25) is 9.48 Å². The second-order valence-corrected chi connectivity index (χ2v) is 6.99. The zero-order chi connectivity index (χ0) is 14.8. The van der Waals surface area contributed by atoms with E-state index in [4.69, 9.17) is 0 Å². The van der Waals surface area contributed by atoms with E-state index in [1.54, 1.807) is 24.0 Å². The number of rotatable bonds is 5. The molecule has 1 aliphatic rings. The van der Waals surface area contributed by atoms with Crippen molar-refractivity contribution in [3.8, 4) is 0 Å². The lowest BCUT2D eigenvalue weighted by molar-refractivity contribution is -0.119. The van der Waals surface area contributed by atoms with Crippen molar-refractivity contribution in [2.24, 2.45) is 7.05 Å². The van der Waals surface area contributed by atoms with Gasteiger partial charge < -0.3 is 5.32 Å². The van der Waals surface area contributed by atoms with Gasteiger partial charge in [0.2, 0.25) is 15.9 Å². The molecule has 1 saturated heterocycles. The molecule has 1 aromatic heterocycles. The second-order valence-electron chi connectivity index (χ2n) is 4.95. The summed E-state index contributed by atoms with van der Waals surface area (Å²) in [5.41, 5.74) is 0. The van der Waals surface area contributed by atoms with Gasteiger partial charge in [-0.2, -0.15) is 9.40 Å². The zero-order valence-electron chi connectivity index (χ0n) is 11.7. The maximum Gasteiger partial charge on any atom is 0.244 e.